The Labute approximate surface area is 241 Å². The van der Waals surface area contributed by atoms with Gasteiger partial charge in [0.2, 0.25) is 0 Å². The molecular weight excluding hydrogens is 539 g/mol. The minimum atomic E-state index is -4.09. The maximum Gasteiger partial charge on any atom is 0.475 e. The van der Waals surface area contributed by atoms with Crippen LogP contribution in [0.25, 0.3) is 0 Å². The number of ether oxygens (including phenoxy) is 2. The van der Waals surface area contributed by atoms with Gasteiger partial charge in [0.05, 0.1) is 33.0 Å². The average molecular weight is 575 g/mol. The van der Waals surface area contributed by atoms with Gasteiger partial charge in [0.1, 0.15) is 12.2 Å². The molecule has 7 nitrogen and oxygen atoms in total. The average Bonchev–Trinajstić information content (AvgIpc) is 3.02. The van der Waals surface area contributed by atoms with Gasteiger partial charge in [-0.3, -0.25) is 18.4 Å². The van der Waals surface area contributed by atoms with Crippen molar-refractivity contribution in [2.45, 2.75) is 45.6 Å². The molecule has 0 heterocycles. The highest BCUT2D eigenvalue weighted by atomic mass is 31.2. The van der Waals surface area contributed by atoms with E-state index in [0.29, 0.717) is 0 Å². The molecule has 0 spiro atoms. The first-order valence-electron chi connectivity index (χ1n) is 13.4. The van der Waals surface area contributed by atoms with Gasteiger partial charge in [0, 0.05) is 0 Å². The van der Waals surface area contributed by atoms with E-state index >= 15 is 0 Å². The number of phosphoric ester groups is 1. The van der Waals surface area contributed by atoms with Crippen LogP contribution in [0, 0.1) is 0 Å². The van der Waals surface area contributed by atoms with E-state index in [0.717, 1.165) is 22.3 Å². The van der Waals surface area contributed by atoms with Crippen molar-refractivity contribution in [2.24, 2.45) is 0 Å². The van der Waals surface area contributed by atoms with E-state index in [2.05, 4.69) is 0 Å². The molecule has 0 bridgehead atoms. The Morgan fingerprint density at radius 2 is 0.927 bits per heavy atom. The Morgan fingerprint density at radius 1 is 0.561 bits per heavy atom. The number of hydrogen-bond donors (Lipinski definition) is 0. The smallest absolute Gasteiger partial charge is 0.368 e. The predicted molar refractivity (Wildman–Crippen MR) is 157 cm³/mol. The van der Waals surface area contributed by atoms with Crippen molar-refractivity contribution in [2.75, 3.05) is 6.61 Å². The van der Waals surface area contributed by atoms with Gasteiger partial charge in [-0.25, -0.2) is 4.57 Å². The monoisotopic (exact) mass is 574 g/mol. The molecule has 41 heavy (non-hydrogen) atoms. The second kappa shape index (κ2) is 16.1. The van der Waals surface area contributed by atoms with Crippen molar-refractivity contribution in [1.82, 2.24) is 0 Å². The summed E-state index contributed by atoms with van der Waals surface area (Å²) in [5.41, 5.74) is 3.44. The second-order valence-electron chi connectivity index (χ2n) is 9.42. The number of carbonyl (C=O) groups is 1. The maximum absolute atomic E-state index is 13.9. The molecule has 0 fully saturated rings. The third-order valence-corrected chi connectivity index (χ3v) is 7.53. The number of rotatable bonds is 17. The molecule has 0 N–H and O–H groups in total. The van der Waals surface area contributed by atoms with Crippen molar-refractivity contribution in [3.05, 3.63) is 144 Å². The molecule has 8 heteroatoms. The largest absolute Gasteiger partial charge is 0.475 e. The first-order valence-corrected chi connectivity index (χ1v) is 14.9. The van der Waals surface area contributed by atoms with Crippen molar-refractivity contribution >= 4 is 13.6 Å². The quantitative estimate of drug-likeness (QED) is 0.122. The molecule has 0 radical (unpaired) electrons. The van der Waals surface area contributed by atoms with Crippen LogP contribution >= 0.6 is 7.82 Å². The number of Topliss-reactive ketones (excluding diaryl/α,β-unsaturated/α-hetero) is 1. The zero-order chi connectivity index (χ0) is 28.8. The van der Waals surface area contributed by atoms with Gasteiger partial charge in [-0.15, -0.1) is 0 Å². The van der Waals surface area contributed by atoms with Crippen LogP contribution in [0.5, 0.6) is 0 Å². The van der Waals surface area contributed by atoms with Gasteiger partial charge in [-0.2, -0.15) is 0 Å². The summed E-state index contributed by atoms with van der Waals surface area (Å²) in [5.74, 6) is -0.243. The fourth-order valence-electron chi connectivity index (χ4n) is 3.98. The molecule has 214 valence electrons. The standard InChI is InChI=1S/C33H35O7P/c1-27(34)33(37-23-29-16-8-3-9-17-29)32(36-22-28-14-6-2-7-15-28)26-40-41(35,38-24-30-18-10-4-11-19-30)39-25-31-20-12-5-13-21-31/h2-21,32-33H,22-26H2,1H3/t32-,33-/m1/s1. The third-order valence-electron chi connectivity index (χ3n) is 6.18. The van der Waals surface area contributed by atoms with Crippen LogP contribution in [0.4, 0.5) is 0 Å². The van der Waals surface area contributed by atoms with E-state index < -0.39 is 20.0 Å². The van der Waals surface area contributed by atoms with Crippen molar-refractivity contribution in [3.8, 4) is 0 Å². The Balaban J connectivity index is 1.50. The zero-order valence-corrected chi connectivity index (χ0v) is 23.9. The van der Waals surface area contributed by atoms with E-state index in [1.165, 1.54) is 6.92 Å². The summed E-state index contributed by atoms with van der Waals surface area (Å²) >= 11 is 0. The molecule has 4 rings (SSSR count). The van der Waals surface area contributed by atoms with Crippen LogP contribution in [-0.4, -0.2) is 24.6 Å². The molecule has 2 atom stereocenters. The van der Waals surface area contributed by atoms with E-state index in [4.69, 9.17) is 23.0 Å². The SMILES string of the molecule is CC(=O)[C@@H](OCc1ccccc1)[C@@H](COP(=O)(OCc1ccccc1)OCc1ccccc1)OCc1ccccc1. The summed E-state index contributed by atoms with van der Waals surface area (Å²) in [6.07, 6.45) is -1.86. The molecule has 4 aromatic rings. The van der Waals surface area contributed by atoms with Crippen LogP contribution in [0.2, 0.25) is 0 Å². The molecule has 0 saturated carbocycles. The molecule has 0 unspecified atom stereocenters. The Bertz CT molecular complexity index is 1300. The highest BCUT2D eigenvalue weighted by Crippen LogP contribution is 2.51. The predicted octanol–water partition coefficient (Wildman–Crippen LogP) is 7.30. The topological polar surface area (TPSA) is 80.3 Å². The minimum absolute atomic E-state index is 0.0170. The van der Waals surface area contributed by atoms with Crippen LogP contribution in [0.15, 0.2) is 121 Å². The lowest BCUT2D eigenvalue weighted by Gasteiger charge is -2.27. The number of carbonyl (C=O) groups excluding carboxylic acids is 1. The van der Waals surface area contributed by atoms with Crippen molar-refractivity contribution in [1.29, 1.82) is 0 Å². The van der Waals surface area contributed by atoms with Gasteiger partial charge in [0.15, 0.2) is 5.78 Å². The molecule has 0 amide bonds. The summed E-state index contributed by atoms with van der Waals surface area (Å²) in [5, 5.41) is 0. The van der Waals surface area contributed by atoms with Crippen molar-refractivity contribution in [3.63, 3.8) is 0 Å². The molecule has 0 aliphatic rings. The Hall–Kier alpha value is -3.42. The first-order chi connectivity index (χ1) is 20.0. The van der Waals surface area contributed by atoms with E-state index in [1.807, 2.05) is 121 Å². The van der Waals surface area contributed by atoms with Gasteiger partial charge >= 0.3 is 7.82 Å². The van der Waals surface area contributed by atoms with Gasteiger partial charge in [0.25, 0.3) is 0 Å². The Kier molecular flexibility index (Phi) is 12.0. The van der Waals surface area contributed by atoms with E-state index in [-0.39, 0.29) is 38.8 Å². The number of phosphoric acid groups is 1. The van der Waals surface area contributed by atoms with Crippen LogP contribution in [0.1, 0.15) is 29.2 Å². The van der Waals surface area contributed by atoms with E-state index in [1.54, 1.807) is 0 Å². The molecule has 0 aromatic heterocycles. The summed E-state index contributed by atoms with van der Waals surface area (Å²) in [7, 11) is -4.09. The molecule has 0 saturated heterocycles. The summed E-state index contributed by atoms with van der Waals surface area (Å²) < 4.78 is 43.4. The summed E-state index contributed by atoms with van der Waals surface area (Å²) in [6.45, 7) is 1.61. The highest BCUT2D eigenvalue weighted by molar-refractivity contribution is 7.48. The molecule has 4 aromatic carbocycles. The van der Waals surface area contributed by atoms with Gasteiger partial charge < -0.3 is 9.47 Å². The van der Waals surface area contributed by atoms with Crippen molar-refractivity contribution < 1.29 is 32.4 Å². The third kappa shape index (κ3) is 10.5. The summed E-state index contributed by atoms with van der Waals surface area (Å²) in [4.78, 5) is 12.8. The highest BCUT2D eigenvalue weighted by Gasteiger charge is 2.34. The first kappa shape index (κ1) is 30.5. The minimum Gasteiger partial charge on any atom is -0.368 e. The molecule has 0 aliphatic heterocycles. The molecular formula is C33H35O7P. The normalized spacial score (nSPS) is 13.0. The summed E-state index contributed by atoms with van der Waals surface area (Å²) in [6, 6.07) is 37.8. The fraction of sp³-hybridized carbons (Fsp3) is 0.242. The number of hydrogen-bond acceptors (Lipinski definition) is 7. The van der Waals surface area contributed by atoms with E-state index in [9.17, 15) is 9.36 Å². The van der Waals surface area contributed by atoms with Gasteiger partial charge in [-0.1, -0.05) is 121 Å². The lowest BCUT2D eigenvalue weighted by molar-refractivity contribution is -0.147. The maximum atomic E-state index is 13.9. The number of ketones is 1. The lowest BCUT2D eigenvalue weighted by atomic mass is 10.1. The van der Waals surface area contributed by atoms with Crippen LogP contribution in [0.3, 0.4) is 0 Å². The lowest BCUT2D eigenvalue weighted by Crippen LogP contribution is -2.40. The van der Waals surface area contributed by atoms with Gasteiger partial charge in [-0.05, 0) is 29.2 Å². The Morgan fingerprint density at radius 3 is 1.32 bits per heavy atom. The molecule has 0 aliphatic carbocycles. The second-order valence-corrected chi connectivity index (χ2v) is 11.1. The van der Waals surface area contributed by atoms with Crippen LogP contribution < -0.4 is 0 Å². The number of benzene rings is 4. The fourth-order valence-corrected chi connectivity index (χ4v) is 5.15. The van der Waals surface area contributed by atoms with Crippen LogP contribution in [-0.2, 0) is 58.8 Å². The zero-order valence-electron chi connectivity index (χ0n) is 23.0.